The number of ether oxygens (including phenoxy) is 1. The van der Waals surface area contributed by atoms with Gasteiger partial charge in [0.1, 0.15) is 29.8 Å². The number of rotatable bonds is 7. The molecule has 3 heterocycles. The van der Waals surface area contributed by atoms with E-state index in [2.05, 4.69) is 51.1 Å². The van der Waals surface area contributed by atoms with Gasteiger partial charge in [-0.2, -0.15) is 10.4 Å². The third-order valence-corrected chi connectivity index (χ3v) is 5.77. The van der Waals surface area contributed by atoms with Crippen LogP contribution in [-0.4, -0.2) is 46.5 Å². The fourth-order valence-electron chi connectivity index (χ4n) is 2.48. The molecule has 3 rings (SSSR count). The molecule has 3 aromatic rings. The van der Waals surface area contributed by atoms with Crippen LogP contribution in [0.3, 0.4) is 0 Å². The van der Waals surface area contributed by atoms with Crippen molar-refractivity contribution >= 4 is 25.1 Å². The van der Waals surface area contributed by atoms with Gasteiger partial charge in [0, 0.05) is 21.7 Å². The lowest BCUT2D eigenvalue weighted by molar-refractivity contribution is 0.0813. The Morgan fingerprint density at radius 2 is 2.00 bits per heavy atom. The summed E-state index contributed by atoms with van der Waals surface area (Å²) in [6.07, 6.45) is 3.34. The normalized spacial score (nSPS) is 11.5. The molecule has 0 unspecified atom stereocenters. The Kier molecular flexibility index (Phi) is 5.48. The molecule has 0 fully saturated rings. The number of anilines is 1. The third-order valence-electron chi connectivity index (χ3n) is 4.07. The number of hydrogen-bond donors (Lipinski definition) is 1. The minimum atomic E-state index is -1.12. The highest BCUT2D eigenvalue weighted by Gasteiger charge is 2.14. The molecule has 0 spiro atoms. The maximum atomic E-state index is 9.13. The summed E-state index contributed by atoms with van der Waals surface area (Å²) in [5.74, 6) is 0.514. The summed E-state index contributed by atoms with van der Waals surface area (Å²) in [7, 11) is 0.608. The van der Waals surface area contributed by atoms with E-state index < -0.39 is 8.07 Å². The average molecular weight is 382 g/mol. The molecule has 3 aromatic heterocycles. The number of nitrogens with one attached hydrogen (secondary N) is 1. The summed E-state index contributed by atoms with van der Waals surface area (Å²) in [6.45, 7) is 8.02. The summed E-state index contributed by atoms with van der Waals surface area (Å²) >= 11 is 0. The zero-order chi connectivity index (χ0) is 19.4. The van der Waals surface area contributed by atoms with Crippen molar-refractivity contribution in [3.8, 4) is 17.5 Å². The minimum absolute atomic E-state index is 0.342. The maximum Gasteiger partial charge on any atom is 0.179 e. The first-order chi connectivity index (χ1) is 12.9. The third kappa shape index (κ3) is 4.47. The van der Waals surface area contributed by atoms with Gasteiger partial charge in [0.2, 0.25) is 0 Å². The Hall–Kier alpha value is -2.83. The fourth-order valence-corrected chi connectivity index (χ4v) is 3.24. The SMILES string of the molecule is CNc1nc(-c2cnc3cnn(COCC[Si](C)(C)C)c3n2)ccc1C#N. The zero-order valence-corrected chi connectivity index (χ0v) is 17.0. The lowest BCUT2D eigenvalue weighted by atomic mass is 10.2. The van der Waals surface area contributed by atoms with Crippen LogP contribution in [0.1, 0.15) is 5.56 Å². The van der Waals surface area contributed by atoms with Crippen molar-refractivity contribution in [3.05, 3.63) is 30.1 Å². The van der Waals surface area contributed by atoms with Gasteiger partial charge in [-0.05, 0) is 18.2 Å². The van der Waals surface area contributed by atoms with Crippen LogP contribution in [0.15, 0.2) is 24.5 Å². The Labute approximate surface area is 159 Å². The van der Waals surface area contributed by atoms with E-state index in [1.54, 1.807) is 36.3 Å². The van der Waals surface area contributed by atoms with Crippen LogP contribution >= 0.6 is 0 Å². The standard InChI is InChI=1S/C18H23N7OSi/c1-20-17-13(9-19)5-6-14(23-17)15-10-21-16-11-22-25(18(16)24-15)12-26-7-8-27(2,3)4/h5-6,10-11H,7-8,12H2,1-4H3,(H,20,23). The van der Waals surface area contributed by atoms with E-state index in [-0.39, 0.29) is 0 Å². The highest BCUT2D eigenvalue weighted by atomic mass is 28.3. The van der Waals surface area contributed by atoms with E-state index in [4.69, 9.17) is 10.00 Å². The number of hydrogen-bond acceptors (Lipinski definition) is 7. The summed E-state index contributed by atoms with van der Waals surface area (Å²) in [4.78, 5) is 13.5. The van der Waals surface area contributed by atoms with Crippen molar-refractivity contribution in [2.75, 3.05) is 19.0 Å². The molecule has 0 aliphatic carbocycles. The predicted octanol–water partition coefficient (Wildman–Crippen LogP) is 3.11. The summed E-state index contributed by atoms with van der Waals surface area (Å²) in [5, 5.41) is 16.4. The Morgan fingerprint density at radius 3 is 2.70 bits per heavy atom. The highest BCUT2D eigenvalue weighted by molar-refractivity contribution is 6.76. The first-order valence-electron chi connectivity index (χ1n) is 8.77. The molecule has 0 saturated heterocycles. The van der Waals surface area contributed by atoms with Crippen LogP contribution in [-0.2, 0) is 11.5 Å². The molecule has 0 atom stereocenters. The van der Waals surface area contributed by atoms with Crippen LogP contribution in [0.2, 0.25) is 25.7 Å². The van der Waals surface area contributed by atoms with E-state index in [0.29, 0.717) is 47.3 Å². The van der Waals surface area contributed by atoms with Crippen LogP contribution < -0.4 is 5.32 Å². The van der Waals surface area contributed by atoms with Crippen molar-refractivity contribution in [1.82, 2.24) is 24.7 Å². The maximum absolute atomic E-state index is 9.13. The topological polar surface area (TPSA) is 102 Å². The van der Waals surface area contributed by atoms with Crippen molar-refractivity contribution in [2.45, 2.75) is 32.4 Å². The first-order valence-corrected chi connectivity index (χ1v) is 12.5. The van der Waals surface area contributed by atoms with E-state index in [0.717, 1.165) is 6.04 Å². The molecule has 0 radical (unpaired) electrons. The predicted molar refractivity (Wildman–Crippen MR) is 107 cm³/mol. The highest BCUT2D eigenvalue weighted by Crippen LogP contribution is 2.21. The lowest BCUT2D eigenvalue weighted by Crippen LogP contribution is -2.22. The van der Waals surface area contributed by atoms with Gasteiger partial charge in [-0.25, -0.2) is 19.6 Å². The largest absolute Gasteiger partial charge is 0.372 e. The van der Waals surface area contributed by atoms with Crippen LogP contribution in [0, 0.1) is 11.3 Å². The molecule has 140 valence electrons. The molecule has 0 bridgehead atoms. The quantitative estimate of drug-likeness (QED) is 0.495. The summed E-state index contributed by atoms with van der Waals surface area (Å²) in [5.41, 5.74) is 3.09. The second-order valence-corrected chi connectivity index (χ2v) is 13.0. The Balaban J connectivity index is 1.84. The number of fused-ring (bicyclic) bond motifs is 1. The first kappa shape index (κ1) is 18.9. The molecule has 0 aromatic carbocycles. The lowest BCUT2D eigenvalue weighted by Gasteiger charge is -2.15. The number of nitrogens with zero attached hydrogens (tertiary/aromatic N) is 6. The number of aromatic nitrogens is 5. The van der Waals surface area contributed by atoms with Gasteiger partial charge in [0.05, 0.1) is 23.7 Å². The molecular formula is C18H23N7OSi. The van der Waals surface area contributed by atoms with Gasteiger partial charge in [-0.1, -0.05) is 19.6 Å². The fraction of sp³-hybridized carbons (Fsp3) is 0.389. The average Bonchev–Trinajstić information content (AvgIpc) is 3.06. The summed E-state index contributed by atoms with van der Waals surface area (Å²) in [6, 6.07) is 6.70. The monoisotopic (exact) mass is 381 g/mol. The van der Waals surface area contributed by atoms with Crippen LogP contribution in [0.5, 0.6) is 0 Å². The molecule has 9 heteroatoms. The van der Waals surface area contributed by atoms with Gasteiger partial charge in [0.15, 0.2) is 5.65 Å². The van der Waals surface area contributed by atoms with Crippen molar-refractivity contribution in [1.29, 1.82) is 5.26 Å². The van der Waals surface area contributed by atoms with Crippen LogP contribution in [0.4, 0.5) is 5.82 Å². The van der Waals surface area contributed by atoms with Crippen molar-refractivity contribution in [3.63, 3.8) is 0 Å². The smallest absolute Gasteiger partial charge is 0.179 e. The second-order valence-electron chi connectivity index (χ2n) is 7.41. The van der Waals surface area contributed by atoms with Gasteiger partial charge in [-0.3, -0.25) is 0 Å². The molecule has 8 nitrogen and oxygen atoms in total. The molecule has 0 saturated carbocycles. The number of pyridine rings is 1. The van der Waals surface area contributed by atoms with E-state index in [1.165, 1.54) is 0 Å². The van der Waals surface area contributed by atoms with Gasteiger partial charge >= 0.3 is 0 Å². The molecule has 0 amide bonds. The van der Waals surface area contributed by atoms with Gasteiger partial charge < -0.3 is 10.1 Å². The van der Waals surface area contributed by atoms with Gasteiger partial charge in [-0.15, -0.1) is 0 Å². The zero-order valence-electron chi connectivity index (χ0n) is 16.0. The second kappa shape index (κ2) is 7.81. The molecule has 27 heavy (non-hydrogen) atoms. The summed E-state index contributed by atoms with van der Waals surface area (Å²) < 4.78 is 7.49. The van der Waals surface area contributed by atoms with Crippen LogP contribution in [0.25, 0.3) is 22.6 Å². The van der Waals surface area contributed by atoms with Crippen molar-refractivity contribution < 1.29 is 4.74 Å². The Bertz CT molecular complexity index is 988. The molecule has 0 aliphatic heterocycles. The van der Waals surface area contributed by atoms with Crippen molar-refractivity contribution in [2.24, 2.45) is 0 Å². The minimum Gasteiger partial charge on any atom is -0.372 e. The molecule has 1 N–H and O–H groups in total. The van der Waals surface area contributed by atoms with E-state index in [1.807, 2.05) is 0 Å². The van der Waals surface area contributed by atoms with E-state index >= 15 is 0 Å². The molecular weight excluding hydrogens is 358 g/mol. The Morgan fingerprint density at radius 1 is 1.19 bits per heavy atom. The molecule has 0 aliphatic rings. The van der Waals surface area contributed by atoms with E-state index in [9.17, 15) is 0 Å². The van der Waals surface area contributed by atoms with Gasteiger partial charge in [0.25, 0.3) is 0 Å². The number of nitriles is 1.